The zero-order valence-electron chi connectivity index (χ0n) is 8.82. The first-order valence-corrected chi connectivity index (χ1v) is 5.50. The summed E-state index contributed by atoms with van der Waals surface area (Å²) in [6, 6.07) is 8.30. The minimum Gasteiger partial charge on any atom is -0.381 e. The van der Waals surface area contributed by atoms with E-state index in [1.165, 1.54) is 12.0 Å². The Morgan fingerprint density at radius 2 is 2.40 bits per heavy atom. The smallest absolute Gasteiger partial charge is 0.124 e. The maximum Gasteiger partial charge on any atom is 0.124 e. The summed E-state index contributed by atoms with van der Waals surface area (Å²) in [5.74, 6) is 0.519. The number of rotatable bonds is 3. The van der Waals surface area contributed by atoms with E-state index in [4.69, 9.17) is 4.74 Å². The van der Waals surface area contributed by atoms with E-state index in [-0.39, 0.29) is 0 Å². The van der Waals surface area contributed by atoms with Crippen LogP contribution < -0.4 is 0 Å². The summed E-state index contributed by atoms with van der Waals surface area (Å²) in [6.45, 7) is 1.72. The van der Waals surface area contributed by atoms with E-state index in [0.717, 1.165) is 31.5 Å². The van der Waals surface area contributed by atoms with E-state index < -0.39 is 0 Å². The number of hydrogen-bond acceptors (Lipinski definition) is 2. The van der Waals surface area contributed by atoms with Crippen LogP contribution in [0, 0.1) is 0 Å². The SMILES string of the molecule is O=CCc1cccc(C2CCCOC2)c1. The summed E-state index contributed by atoms with van der Waals surface area (Å²) in [5.41, 5.74) is 2.42. The van der Waals surface area contributed by atoms with Gasteiger partial charge in [0.05, 0.1) is 6.61 Å². The maximum absolute atomic E-state index is 10.4. The third-order valence-corrected chi connectivity index (χ3v) is 2.90. The van der Waals surface area contributed by atoms with E-state index in [2.05, 4.69) is 12.1 Å². The fraction of sp³-hybridized carbons (Fsp3) is 0.462. The first-order valence-electron chi connectivity index (χ1n) is 5.50. The van der Waals surface area contributed by atoms with Crippen LogP contribution in [0.4, 0.5) is 0 Å². The maximum atomic E-state index is 10.4. The second-order valence-electron chi connectivity index (χ2n) is 4.03. The van der Waals surface area contributed by atoms with Crippen LogP contribution in [0.5, 0.6) is 0 Å². The van der Waals surface area contributed by atoms with Crippen molar-refractivity contribution in [3.8, 4) is 0 Å². The highest BCUT2D eigenvalue weighted by atomic mass is 16.5. The van der Waals surface area contributed by atoms with Crippen LogP contribution in [0.1, 0.15) is 29.9 Å². The van der Waals surface area contributed by atoms with Gasteiger partial charge >= 0.3 is 0 Å². The summed E-state index contributed by atoms with van der Waals surface area (Å²) < 4.78 is 5.47. The number of carbonyl (C=O) groups excluding carboxylic acids is 1. The van der Waals surface area contributed by atoms with E-state index >= 15 is 0 Å². The molecule has 0 aliphatic carbocycles. The molecule has 0 saturated carbocycles. The number of carbonyl (C=O) groups is 1. The van der Waals surface area contributed by atoms with Crippen LogP contribution in [-0.2, 0) is 16.0 Å². The Balaban J connectivity index is 2.12. The van der Waals surface area contributed by atoms with Crippen LogP contribution in [0.2, 0.25) is 0 Å². The van der Waals surface area contributed by atoms with Gasteiger partial charge in [0.25, 0.3) is 0 Å². The number of ether oxygens (including phenoxy) is 1. The highest BCUT2D eigenvalue weighted by molar-refractivity contribution is 5.55. The van der Waals surface area contributed by atoms with Crippen LogP contribution in [0.15, 0.2) is 24.3 Å². The Bertz CT molecular complexity index is 327. The van der Waals surface area contributed by atoms with Gasteiger partial charge < -0.3 is 9.53 Å². The molecule has 1 aromatic rings. The first-order chi connectivity index (χ1) is 7.40. The van der Waals surface area contributed by atoms with Gasteiger partial charge in [-0.2, -0.15) is 0 Å². The third kappa shape index (κ3) is 2.66. The van der Waals surface area contributed by atoms with Crippen molar-refractivity contribution >= 4 is 6.29 Å². The Labute approximate surface area is 90.3 Å². The molecule has 1 heterocycles. The molecule has 15 heavy (non-hydrogen) atoms. The van der Waals surface area contributed by atoms with E-state index in [1.54, 1.807) is 0 Å². The van der Waals surface area contributed by atoms with E-state index in [0.29, 0.717) is 12.3 Å². The molecule has 2 rings (SSSR count). The predicted molar refractivity (Wildman–Crippen MR) is 59.0 cm³/mol. The van der Waals surface area contributed by atoms with Gasteiger partial charge in [-0.1, -0.05) is 24.3 Å². The zero-order chi connectivity index (χ0) is 10.5. The highest BCUT2D eigenvalue weighted by Crippen LogP contribution is 2.25. The van der Waals surface area contributed by atoms with Gasteiger partial charge in [0.2, 0.25) is 0 Å². The van der Waals surface area contributed by atoms with E-state index in [9.17, 15) is 4.79 Å². The lowest BCUT2D eigenvalue weighted by Gasteiger charge is -2.22. The highest BCUT2D eigenvalue weighted by Gasteiger charge is 2.15. The van der Waals surface area contributed by atoms with Crippen molar-refractivity contribution in [1.29, 1.82) is 0 Å². The molecule has 0 spiro atoms. The molecule has 1 aliphatic rings. The average Bonchev–Trinajstić information content (AvgIpc) is 2.31. The molecule has 1 aromatic carbocycles. The summed E-state index contributed by atoms with van der Waals surface area (Å²) >= 11 is 0. The molecule has 1 atom stereocenters. The summed E-state index contributed by atoms with van der Waals surface area (Å²) in [7, 11) is 0. The molecular weight excluding hydrogens is 188 g/mol. The van der Waals surface area contributed by atoms with Crippen molar-refractivity contribution < 1.29 is 9.53 Å². The number of hydrogen-bond donors (Lipinski definition) is 0. The van der Waals surface area contributed by atoms with Crippen molar-refractivity contribution in [2.45, 2.75) is 25.2 Å². The fourth-order valence-electron chi connectivity index (χ4n) is 2.07. The van der Waals surface area contributed by atoms with Crippen molar-refractivity contribution in [2.75, 3.05) is 13.2 Å². The predicted octanol–water partition coefficient (Wildman–Crippen LogP) is 2.32. The molecule has 1 fully saturated rings. The molecule has 1 unspecified atom stereocenters. The van der Waals surface area contributed by atoms with Crippen molar-refractivity contribution in [3.63, 3.8) is 0 Å². The molecule has 80 valence electrons. The Hall–Kier alpha value is -1.15. The molecule has 0 amide bonds. The summed E-state index contributed by atoms with van der Waals surface area (Å²) in [4.78, 5) is 10.4. The molecule has 2 heteroatoms. The van der Waals surface area contributed by atoms with Gasteiger partial charge in [0.1, 0.15) is 6.29 Å². The molecule has 2 nitrogen and oxygen atoms in total. The van der Waals surface area contributed by atoms with Gasteiger partial charge in [0, 0.05) is 18.9 Å². The molecule has 0 bridgehead atoms. The van der Waals surface area contributed by atoms with Crippen LogP contribution in [0.25, 0.3) is 0 Å². The minimum absolute atomic E-state index is 0.515. The van der Waals surface area contributed by atoms with Crippen molar-refractivity contribution in [3.05, 3.63) is 35.4 Å². The first kappa shape index (κ1) is 10.4. The summed E-state index contributed by atoms with van der Waals surface area (Å²) in [5, 5.41) is 0. The van der Waals surface area contributed by atoms with Gasteiger partial charge in [-0.25, -0.2) is 0 Å². The molecular formula is C13H16O2. The zero-order valence-corrected chi connectivity index (χ0v) is 8.82. The Morgan fingerprint density at radius 3 is 3.13 bits per heavy atom. The normalized spacial score (nSPS) is 21.2. The molecule has 0 radical (unpaired) electrons. The van der Waals surface area contributed by atoms with Gasteiger partial charge in [0.15, 0.2) is 0 Å². The Morgan fingerprint density at radius 1 is 1.47 bits per heavy atom. The molecule has 0 N–H and O–H groups in total. The Kier molecular flexibility index (Phi) is 3.51. The van der Waals surface area contributed by atoms with Crippen LogP contribution in [0.3, 0.4) is 0 Å². The molecule has 1 saturated heterocycles. The fourth-order valence-corrected chi connectivity index (χ4v) is 2.07. The lowest BCUT2D eigenvalue weighted by molar-refractivity contribution is -0.107. The second kappa shape index (κ2) is 5.08. The van der Waals surface area contributed by atoms with Gasteiger partial charge in [-0.15, -0.1) is 0 Å². The van der Waals surface area contributed by atoms with Crippen molar-refractivity contribution in [1.82, 2.24) is 0 Å². The standard InChI is InChI=1S/C13H16O2/c14-7-6-11-3-1-4-12(9-11)13-5-2-8-15-10-13/h1,3-4,7,9,13H,2,5-6,8,10H2. The third-order valence-electron chi connectivity index (χ3n) is 2.90. The van der Waals surface area contributed by atoms with Crippen molar-refractivity contribution in [2.24, 2.45) is 0 Å². The average molecular weight is 204 g/mol. The molecule has 0 aromatic heterocycles. The lowest BCUT2D eigenvalue weighted by atomic mass is 9.92. The molecule has 1 aliphatic heterocycles. The number of aldehydes is 1. The van der Waals surface area contributed by atoms with Crippen LogP contribution >= 0.6 is 0 Å². The quantitative estimate of drug-likeness (QED) is 0.706. The largest absolute Gasteiger partial charge is 0.381 e. The van der Waals surface area contributed by atoms with Gasteiger partial charge in [-0.05, 0) is 24.0 Å². The monoisotopic (exact) mass is 204 g/mol. The van der Waals surface area contributed by atoms with Crippen LogP contribution in [-0.4, -0.2) is 19.5 Å². The van der Waals surface area contributed by atoms with Gasteiger partial charge in [-0.3, -0.25) is 0 Å². The minimum atomic E-state index is 0.515. The van der Waals surface area contributed by atoms with E-state index in [1.807, 2.05) is 12.1 Å². The number of benzene rings is 1. The lowest BCUT2D eigenvalue weighted by Crippen LogP contribution is -2.15. The second-order valence-corrected chi connectivity index (χ2v) is 4.03. The topological polar surface area (TPSA) is 26.3 Å². The summed E-state index contributed by atoms with van der Waals surface area (Å²) in [6.07, 6.45) is 3.81.